The molecule has 1 aliphatic rings. The van der Waals surface area contributed by atoms with Crippen LogP contribution in [0.4, 0.5) is 0 Å². The van der Waals surface area contributed by atoms with E-state index in [2.05, 4.69) is 33.0 Å². The van der Waals surface area contributed by atoms with Gasteiger partial charge in [-0.15, -0.1) is 0 Å². The molecule has 0 saturated carbocycles. The molecule has 1 fully saturated rings. The molecule has 1 aliphatic heterocycles. The van der Waals surface area contributed by atoms with Gasteiger partial charge >= 0.3 is 25.7 Å². The van der Waals surface area contributed by atoms with Crippen molar-refractivity contribution in [3.63, 3.8) is 0 Å². The SMILES string of the molecule is CCCCCCCCCCCCCC(=O)O[C@H](CCCCCCCCCCC)CC(=O)N[C@]1(O)C(O)O[C@H](CO)[C@@H](OP(=O)(O)O)[C@@H]1OC(=O)C[C@@H](CCCCCCCCCCC)OC(=O)CCCCCCCCCCCCC. The second kappa shape index (κ2) is 49.3. The molecule has 1 unspecified atom stereocenters. The summed E-state index contributed by atoms with van der Waals surface area (Å²) in [7, 11) is -5.49. The highest BCUT2D eigenvalue weighted by molar-refractivity contribution is 7.46. The third-order valence-electron chi connectivity index (χ3n) is 15.4. The van der Waals surface area contributed by atoms with Gasteiger partial charge in [0.05, 0.1) is 19.4 Å². The van der Waals surface area contributed by atoms with Crippen LogP contribution < -0.4 is 5.32 Å². The van der Waals surface area contributed by atoms with Gasteiger partial charge in [-0.05, 0) is 38.5 Å². The summed E-state index contributed by atoms with van der Waals surface area (Å²) >= 11 is 0. The molecular formula is C62H118NO15P. The number of aliphatic hydroxyl groups excluding tert-OH is 2. The lowest BCUT2D eigenvalue weighted by Gasteiger charge is -2.48. The summed E-state index contributed by atoms with van der Waals surface area (Å²) in [5.41, 5.74) is -3.10. The highest BCUT2D eigenvalue weighted by atomic mass is 31.2. The molecule has 0 aliphatic carbocycles. The smallest absolute Gasteiger partial charge is 0.462 e. The summed E-state index contributed by atoms with van der Waals surface area (Å²) in [6.07, 6.45) is 32.9. The zero-order valence-corrected chi connectivity index (χ0v) is 51.4. The first kappa shape index (κ1) is 74.8. The Labute approximate surface area is 479 Å². The Morgan fingerprint density at radius 3 is 1.14 bits per heavy atom. The van der Waals surface area contributed by atoms with Crippen LogP contribution in [0.3, 0.4) is 0 Å². The molecule has 16 nitrogen and oxygen atoms in total. The fourth-order valence-electron chi connectivity index (χ4n) is 10.6. The van der Waals surface area contributed by atoms with Crippen LogP contribution in [0.5, 0.6) is 0 Å². The van der Waals surface area contributed by atoms with E-state index in [1.807, 2.05) is 0 Å². The van der Waals surface area contributed by atoms with E-state index in [0.29, 0.717) is 38.5 Å². The van der Waals surface area contributed by atoms with Crippen LogP contribution >= 0.6 is 7.82 Å². The molecule has 0 radical (unpaired) electrons. The molecule has 6 N–H and O–H groups in total. The number of unbranched alkanes of at least 4 members (excludes halogenated alkanes) is 36. The number of hydrogen-bond acceptors (Lipinski definition) is 13. The fraction of sp³-hybridized carbons (Fsp3) is 0.935. The van der Waals surface area contributed by atoms with Gasteiger partial charge in [0.25, 0.3) is 0 Å². The van der Waals surface area contributed by atoms with Crippen LogP contribution in [-0.2, 0) is 47.2 Å². The molecule has 17 heteroatoms. The first-order valence-electron chi connectivity index (χ1n) is 32.4. The van der Waals surface area contributed by atoms with E-state index in [-0.39, 0.29) is 12.8 Å². The first-order chi connectivity index (χ1) is 38.1. The molecule has 0 bridgehead atoms. The topological polar surface area (TPSA) is 245 Å². The molecule has 1 rings (SSSR count). The number of amides is 1. The van der Waals surface area contributed by atoms with Crippen molar-refractivity contribution in [1.82, 2.24) is 5.32 Å². The average Bonchev–Trinajstić information content (AvgIpc) is 3.51. The summed E-state index contributed by atoms with van der Waals surface area (Å²) in [5.74, 6) is -2.99. The number of rotatable bonds is 55. The van der Waals surface area contributed by atoms with Crippen LogP contribution in [0, 0.1) is 0 Å². The molecule has 0 aromatic rings. The Morgan fingerprint density at radius 2 is 0.810 bits per heavy atom. The Bertz CT molecular complexity index is 1550. The monoisotopic (exact) mass is 1150 g/mol. The largest absolute Gasteiger partial charge is 0.470 e. The lowest BCUT2D eigenvalue weighted by molar-refractivity contribution is -0.335. The van der Waals surface area contributed by atoms with Crippen LogP contribution in [-0.4, -0.2) is 98.1 Å². The maximum atomic E-state index is 14.1. The van der Waals surface area contributed by atoms with Crippen molar-refractivity contribution in [2.24, 2.45) is 0 Å². The van der Waals surface area contributed by atoms with Gasteiger partial charge in [-0.25, -0.2) is 4.57 Å². The molecule has 1 heterocycles. The van der Waals surface area contributed by atoms with Crippen LogP contribution in [0.2, 0.25) is 0 Å². The number of ether oxygens (including phenoxy) is 4. The van der Waals surface area contributed by atoms with Crippen LogP contribution in [0.1, 0.15) is 323 Å². The molecule has 0 aromatic heterocycles. The quantitative estimate of drug-likeness (QED) is 0.0109. The number of carbonyl (C=O) groups excluding carboxylic acids is 4. The second-order valence-corrected chi connectivity index (χ2v) is 24.2. The number of phosphoric acid groups is 1. The summed E-state index contributed by atoms with van der Waals surface area (Å²) in [5, 5.41) is 36.1. The minimum atomic E-state index is -5.49. The molecular weight excluding hydrogens is 1030 g/mol. The summed E-state index contributed by atoms with van der Waals surface area (Å²) in [6.45, 7) is 7.78. The van der Waals surface area contributed by atoms with Gasteiger partial charge < -0.3 is 49.4 Å². The number of esters is 3. The predicted molar refractivity (Wildman–Crippen MR) is 313 cm³/mol. The van der Waals surface area contributed by atoms with Gasteiger partial charge in [0, 0.05) is 12.8 Å². The van der Waals surface area contributed by atoms with Crippen molar-refractivity contribution in [2.75, 3.05) is 6.61 Å². The second-order valence-electron chi connectivity index (χ2n) is 23.0. The average molecular weight is 1150 g/mol. The Kier molecular flexibility index (Phi) is 46.7. The number of hydrogen-bond donors (Lipinski definition) is 6. The van der Waals surface area contributed by atoms with Gasteiger partial charge in [0.1, 0.15) is 24.4 Å². The number of nitrogens with one attached hydrogen (secondary N) is 1. The maximum Gasteiger partial charge on any atom is 0.470 e. The van der Waals surface area contributed by atoms with Crippen molar-refractivity contribution in [2.45, 2.75) is 366 Å². The van der Waals surface area contributed by atoms with E-state index in [4.69, 9.17) is 23.5 Å². The lowest BCUT2D eigenvalue weighted by Crippen LogP contribution is -2.74. The van der Waals surface area contributed by atoms with Gasteiger partial charge in [0.2, 0.25) is 17.9 Å². The summed E-state index contributed by atoms with van der Waals surface area (Å²) < 4.78 is 40.3. The molecule has 7 atom stereocenters. The number of phosphoric ester groups is 1. The van der Waals surface area contributed by atoms with E-state index in [1.54, 1.807) is 0 Å². The van der Waals surface area contributed by atoms with Crippen LogP contribution in [0.25, 0.3) is 0 Å². The fourth-order valence-corrected chi connectivity index (χ4v) is 11.2. The van der Waals surface area contributed by atoms with Gasteiger partial charge in [0.15, 0.2) is 6.10 Å². The van der Waals surface area contributed by atoms with Crippen molar-refractivity contribution in [1.29, 1.82) is 0 Å². The molecule has 1 saturated heterocycles. The number of aliphatic hydroxyl groups is 3. The lowest BCUT2D eigenvalue weighted by atomic mass is 9.92. The highest BCUT2D eigenvalue weighted by Gasteiger charge is 2.60. The minimum Gasteiger partial charge on any atom is -0.462 e. The molecule has 466 valence electrons. The molecule has 0 spiro atoms. The minimum absolute atomic E-state index is 0.156. The van der Waals surface area contributed by atoms with E-state index in [9.17, 15) is 48.8 Å². The number of carbonyl (C=O) groups is 4. The summed E-state index contributed by atoms with van der Waals surface area (Å²) in [4.78, 5) is 74.7. The zero-order chi connectivity index (χ0) is 58.3. The molecule has 79 heavy (non-hydrogen) atoms. The van der Waals surface area contributed by atoms with Gasteiger partial charge in [-0.2, -0.15) is 0 Å². The van der Waals surface area contributed by atoms with Gasteiger partial charge in [-0.1, -0.05) is 259 Å². The Balaban J connectivity index is 3.22. The predicted octanol–water partition coefficient (Wildman–Crippen LogP) is 14.7. The molecule has 0 aromatic carbocycles. The maximum absolute atomic E-state index is 14.1. The van der Waals surface area contributed by atoms with Crippen molar-refractivity contribution >= 4 is 31.6 Å². The van der Waals surface area contributed by atoms with Crippen molar-refractivity contribution in [3.05, 3.63) is 0 Å². The third-order valence-corrected chi connectivity index (χ3v) is 16.0. The van der Waals surface area contributed by atoms with Gasteiger partial charge in [-0.3, -0.25) is 23.7 Å². The van der Waals surface area contributed by atoms with E-state index in [0.717, 1.165) is 96.3 Å². The van der Waals surface area contributed by atoms with Crippen LogP contribution in [0.15, 0.2) is 0 Å². The standard InChI is InChI=1S/C62H118NO15P/c1-5-9-13-17-21-25-27-31-35-39-43-47-56(66)74-52(45-41-37-33-29-23-19-15-11-7-3)49-55(65)63-62(70)60(59(78-79(71,72)73)54(51-64)76-61(62)69)77-58(68)50-53(46-42-38-34-30-24-20-16-12-8-4)75-57(67)48-44-40-36-32-28-26-22-18-14-10-6-2/h52-54,59-61,64,69-70H,5-51H2,1-4H3,(H,63,65)(H2,71,72,73)/t52-,53-,54-,59-,60+,61?,62-/m1/s1. The Hall–Kier alpha value is -2.17. The zero-order valence-electron chi connectivity index (χ0n) is 50.5. The van der Waals surface area contributed by atoms with E-state index in [1.165, 1.54) is 135 Å². The summed E-state index contributed by atoms with van der Waals surface area (Å²) in [6, 6.07) is 0. The highest BCUT2D eigenvalue weighted by Crippen LogP contribution is 2.44. The van der Waals surface area contributed by atoms with Crippen molar-refractivity contribution < 1.29 is 72.3 Å². The third kappa shape index (κ3) is 39.9. The van der Waals surface area contributed by atoms with Crippen molar-refractivity contribution in [3.8, 4) is 0 Å². The normalized spacial score (nSPS) is 19.3. The van der Waals surface area contributed by atoms with E-state index >= 15 is 0 Å². The molecule has 1 amide bonds. The first-order valence-corrected chi connectivity index (χ1v) is 34.0. The van der Waals surface area contributed by atoms with E-state index < -0.39 is 93.6 Å². The Morgan fingerprint density at radius 1 is 0.494 bits per heavy atom.